The molecular weight excluding hydrogens is 168 g/mol. The average molecular weight is 177 g/mol. The first-order valence-corrected chi connectivity index (χ1v) is 3.71. The maximum atomic E-state index is 10.6. The summed E-state index contributed by atoms with van der Waals surface area (Å²) in [7, 11) is 0. The molecule has 67 valence electrons. The van der Waals surface area contributed by atoms with Crippen LogP contribution in [0, 0.1) is 6.07 Å². The van der Waals surface area contributed by atoms with Gasteiger partial charge in [0.2, 0.25) is 6.79 Å². The lowest BCUT2D eigenvalue weighted by atomic mass is 10.3. The molecular formula is C10H9O3. The van der Waals surface area contributed by atoms with Crippen molar-refractivity contribution in [3.63, 3.8) is 0 Å². The molecule has 0 saturated heterocycles. The summed E-state index contributed by atoms with van der Waals surface area (Å²) in [6.07, 6.45) is 1.09. The zero-order valence-corrected chi connectivity index (χ0v) is 7.03. The minimum absolute atomic E-state index is 0.102. The van der Waals surface area contributed by atoms with E-state index in [4.69, 9.17) is 4.74 Å². The van der Waals surface area contributed by atoms with Crippen molar-refractivity contribution in [1.82, 2.24) is 0 Å². The molecule has 0 atom stereocenters. The molecule has 1 rings (SSSR count). The molecule has 0 spiro atoms. The van der Waals surface area contributed by atoms with Crippen LogP contribution in [0.1, 0.15) is 0 Å². The Hall–Kier alpha value is -1.77. The lowest BCUT2D eigenvalue weighted by molar-refractivity contribution is -0.144. The monoisotopic (exact) mass is 177 g/mol. The standard InChI is InChI=1S/C10H9O3/c1-2-10(11)13-8-12-9-6-4-3-5-7-9/h2,4-7H,1,8H2. The van der Waals surface area contributed by atoms with E-state index in [0.717, 1.165) is 6.08 Å². The number of carbonyl (C=O) groups excluding carboxylic acids is 1. The SMILES string of the molecule is C=CC(=O)OCOc1cc[c]cc1. The number of benzene rings is 1. The highest BCUT2D eigenvalue weighted by molar-refractivity contribution is 5.81. The van der Waals surface area contributed by atoms with Gasteiger partial charge in [-0.25, -0.2) is 4.79 Å². The van der Waals surface area contributed by atoms with Crippen molar-refractivity contribution >= 4 is 5.97 Å². The lowest BCUT2D eigenvalue weighted by Crippen LogP contribution is -2.07. The Morgan fingerprint density at radius 2 is 2.23 bits per heavy atom. The van der Waals surface area contributed by atoms with Gasteiger partial charge in [0, 0.05) is 6.08 Å². The molecule has 1 aromatic carbocycles. The summed E-state index contributed by atoms with van der Waals surface area (Å²) in [4.78, 5) is 10.6. The van der Waals surface area contributed by atoms with Gasteiger partial charge in [0.15, 0.2) is 0 Å². The molecule has 1 radical (unpaired) electrons. The Morgan fingerprint density at radius 1 is 1.54 bits per heavy atom. The van der Waals surface area contributed by atoms with Gasteiger partial charge in [-0.1, -0.05) is 18.7 Å². The molecule has 0 bridgehead atoms. The van der Waals surface area contributed by atoms with Crippen LogP contribution in [0.5, 0.6) is 5.75 Å². The molecule has 0 heterocycles. The molecule has 0 aliphatic carbocycles. The van der Waals surface area contributed by atoms with Crippen LogP contribution < -0.4 is 4.74 Å². The molecule has 1 aromatic rings. The molecule has 0 saturated carbocycles. The second kappa shape index (κ2) is 4.98. The van der Waals surface area contributed by atoms with Gasteiger partial charge in [-0.05, 0) is 18.2 Å². The van der Waals surface area contributed by atoms with Gasteiger partial charge in [0.05, 0.1) is 0 Å². The van der Waals surface area contributed by atoms with Crippen molar-refractivity contribution in [1.29, 1.82) is 0 Å². The number of ether oxygens (including phenoxy) is 2. The Kier molecular flexibility index (Phi) is 3.57. The highest BCUT2D eigenvalue weighted by Gasteiger charge is 1.95. The number of carbonyl (C=O) groups is 1. The van der Waals surface area contributed by atoms with Crippen LogP contribution in [0.15, 0.2) is 36.9 Å². The molecule has 0 amide bonds. The highest BCUT2D eigenvalue weighted by atomic mass is 16.7. The van der Waals surface area contributed by atoms with E-state index in [1.165, 1.54) is 0 Å². The van der Waals surface area contributed by atoms with Crippen LogP contribution in [-0.4, -0.2) is 12.8 Å². The normalized spacial score (nSPS) is 8.92. The molecule has 0 aliphatic rings. The van der Waals surface area contributed by atoms with E-state index in [1.807, 2.05) is 0 Å². The van der Waals surface area contributed by atoms with Gasteiger partial charge in [0.25, 0.3) is 0 Å². The van der Waals surface area contributed by atoms with E-state index in [-0.39, 0.29) is 6.79 Å². The van der Waals surface area contributed by atoms with E-state index >= 15 is 0 Å². The lowest BCUT2D eigenvalue weighted by Gasteiger charge is -2.04. The first kappa shape index (κ1) is 9.32. The first-order chi connectivity index (χ1) is 6.33. The molecule has 0 N–H and O–H groups in total. The molecule has 0 unspecified atom stereocenters. The predicted molar refractivity (Wildman–Crippen MR) is 47.1 cm³/mol. The minimum Gasteiger partial charge on any atom is -0.457 e. The third-order valence-corrected chi connectivity index (χ3v) is 1.28. The predicted octanol–water partition coefficient (Wildman–Crippen LogP) is 1.55. The van der Waals surface area contributed by atoms with Gasteiger partial charge >= 0.3 is 5.97 Å². The summed E-state index contributed by atoms with van der Waals surface area (Å²) in [6, 6.07) is 9.71. The summed E-state index contributed by atoms with van der Waals surface area (Å²) in [6.45, 7) is 3.15. The van der Waals surface area contributed by atoms with E-state index < -0.39 is 5.97 Å². The topological polar surface area (TPSA) is 35.5 Å². The van der Waals surface area contributed by atoms with Crippen LogP contribution in [-0.2, 0) is 9.53 Å². The maximum Gasteiger partial charge on any atom is 0.333 e. The second-order valence-corrected chi connectivity index (χ2v) is 2.17. The van der Waals surface area contributed by atoms with E-state index in [1.54, 1.807) is 24.3 Å². The fraction of sp³-hybridized carbons (Fsp3) is 0.100. The largest absolute Gasteiger partial charge is 0.457 e. The van der Waals surface area contributed by atoms with Crippen molar-refractivity contribution in [3.05, 3.63) is 43.0 Å². The third kappa shape index (κ3) is 3.42. The van der Waals surface area contributed by atoms with Crippen LogP contribution in [0.2, 0.25) is 0 Å². The summed E-state index contributed by atoms with van der Waals surface area (Å²) in [5.74, 6) is 0.137. The Morgan fingerprint density at radius 3 is 2.85 bits per heavy atom. The van der Waals surface area contributed by atoms with Gasteiger partial charge in [-0.3, -0.25) is 0 Å². The number of rotatable bonds is 4. The first-order valence-electron chi connectivity index (χ1n) is 3.71. The van der Waals surface area contributed by atoms with Crippen molar-refractivity contribution in [2.75, 3.05) is 6.79 Å². The van der Waals surface area contributed by atoms with Gasteiger partial charge < -0.3 is 9.47 Å². The third-order valence-electron chi connectivity index (χ3n) is 1.28. The fourth-order valence-corrected chi connectivity index (χ4v) is 0.682. The second-order valence-electron chi connectivity index (χ2n) is 2.17. The van der Waals surface area contributed by atoms with E-state index in [9.17, 15) is 4.79 Å². The number of hydrogen-bond acceptors (Lipinski definition) is 3. The molecule has 0 aliphatic heterocycles. The van der Waals surface area contributed by atoms with Gasteiger partial charge in [-0.2, -0.15) is 0 Å². The molecule has 3 nitrogen and oxygen atoms in total. The van der Waals surface area contributed by atoms with E-state index in [0.29, 0.717) is 5.75 Å². The summed E-state index contributed by atoms with van der Waals surface area (Å²) < 4.78 is 9.67. The fourth-order valence-electron chi connectivity index (χ4n) is 0.682. The minimum atomic E-state index is -0.498. The highest BCUT2D eigenvalue weighted by Crippen LogP contribution is 2.07. The Balaban J connectivity index is 2.28. The number of esters is 1. The van der Waals surface area contributed by atoms with E-state index in [2.05, 4.69) is 17.4 Å². The van der Waals surface area contributed by atoms with Crippen LogP contribution in [0.4, 0.5) is 0 Å². The maximum absolute atomic E-state index is 10.6. The molecule has 0 fully saturated rings. The van der Waals surface area contributed by atoms with Gasteiger partial charge in [-0.15, -0.1) is 0 Å². The molecule has 13 heavy (non-hydrogen) atoms. The Bertz CT molecular complexity index is 279. The summed E-state index contributed by atoms with van der Waals surface area (Å²) in [5, 5.41) is 0. The number of hydrogen-bond donors (Lipinski definition) is 0. The molecule has 3 heteroatoms. The zero-order valence-electron chi connectivity index (χ0n) is 7.03. The zero-order chi connectivity index (χ0) is 9.52. The average Bonchev–Trinajstić information content (AvgIpc) is 2.19. The van der Waals surface area contributed by atoms with Crippen LogP contribution in [0.25, 0.3) is 0 Å². The van der Waals surface area contributed by atoms with Crippen LogP contribution >= 0.6 is 0 Å². The van der Waals surface area contributed by atoms with Crippen molar-refractivity contribution in [2.24, 2.45) is 0 Å². The van der Waals surface area contributed by atoms with Crippen molar-refractivity contribution in [3.8, 4) is 5.75 Å². The summed E-state index contributed by atoms with van der Waals surface area (Å²) >= 11 is 0. The van der Waals surface area contributed by atoms with Crippen molar-refractivity contribution in [2.45, 2.75) is 0 Å². The Labute approximate surface area is 76.6 Å². The molecule has 0 aromatic heterocycles. The van der Waals surface area contributed by atoms with Crippen molar-refractivity contribution < 1.29 is 14.3 Å². The smallest absolute Gasteiger partial charge is 0.333 e. The summed E-state index contributed by atoms with van der Waals surface area (Å²) in [5.41, 5.74) is 0. The van der Waals surface area contributed by atoms with Gasteiger partial charge in [0.1, 0.15) is 5.75 Å². The quantitative estimate of drug-likeness (QED) is 0.397. The van der Waals surface area contributed by atoms with Crippen LogP contribution in [0.3, 0.4) is 0 Å².